The molecule has 0 aliphatic heterocycles. The number of ether oxygens (including phenoxy) is 2. The summed E-state index contributed by atoms with van der Waals surface area (Å²) in [5.74, 6) is 0.675. The fourth-order valence-corrected chi connectivity index (χ4v) is 6.50. The van der Waals surface area contributed by atoms with Gasteiger partial charge in [-0.3, -0.25) is 4.79 Å². The Morgan fingerprint density at radius 2 is 1.57 bits per heavy atom. The van der Waals surface area contributed by atoms with Crippen LogP contribution in [0.3, 0.4) is 0 Å². The summed E-state index contributed by atoms with van der Waals surface area (Å²) >= 11 is 1.04. The molecule has 0 aliphatic rings. The molecule has 1 N–H and O–H groups in total. The molecule has 0 unspecified atom stereocenters. The van der Waals surface area contributed by atoms with Gasteiger partial charge >= 0.3 is 0 Å². The highest BCUT2D eigenvalue weighted by Gasteiger charge is 2.25. The van der Waals surface area contributed by atoms with E-state index in [1.165, 1.54) is 18.2 Å². The van der Waals surface area contributed by atoms with Crippen LogP contribution < -0.4 is 14.8 Å². The topological polar surface area (TPSA) is 99.5 Å². The molecule has 0 fully saturated rings. The molecule has 5 rings (SSSR count). The van der Waals surface area contributed by atoms with Gasteiger partial charge in [-0.1, -0.05) is 54.2 Å². The number of hydrogen-bond donors (Lipinski definition) is 1. The molecule has 5 aromatic rings. The molecular weight excluding hydrogens is 510 g/mol. The van der Waals surface area contributed by atoms with Crippen molar-refractivity contribution in [3.63, 3.8) is 0 Å². The number of amides is 1. The van der Waals surface area contributed by atoms with Gasteiger partial charge in [-0.25, -0.2) is 17.4 Å². The molecule has 0 bridgehead atoms. The highest BCUT2D eigenvalue weighted by Crippen LogP contribution is 2.31. The maximum atomic E-state index is 13.8. The number of hydrogen-bond acceptors (Lipinski definition) is 7. The van der Waals surface area contributed by atoms with E-state index in [1.54, 1.807) is 60.7 Å². The zero-order valence-corrected chi connectivity index (χ0v) is 21.7. The molecule has 0 saturated heterocycles. The van der Waals surface area contributed by atoms with Crippen LogP contribution in [0.4, 0.5) is 5.69 Å². The predicted molar refractivity (Wildman–Crippen MR) is 145 cm³/mol. The van der Waals surface area contributed by atoms with Crippen LogP contribution in [0.1, 0.15) is 0 Å². The van der Waals surface area contributed by atoms with Crippen molar-refractivity contribution >= 4 is 55.2 Å². The van der Waals surface area contributed by atoms with Crippen LogP contribution in [0.2, 0.25) is 0 Å². The predicted octanol–water partition coefficient (Wildman–Crippen LogP) is 5.17. The first-order chi connectivity index (χ1) is 17.9. The van der Waals surface area contributed by atoms with Crippen molar-refractivity contribution in [2.24, 2.45) is 0 Å². The first-order valence-corrected chi connectivity index (χ1v) is 13.7. The Kier molecular flexibility index (Phi) is 6.77. The molecule has 0 aliphatic carbocycles. The minimum atomic E-state index is -4.00. The lowest BCUT2D eigenvalue weighted by Crippen LogP contribution is -2.17. The van der Waals surface area contributed by atoms with Gasteiger partial charge in [0.05, 0.1) is 35.9 Å². The molecule has 0 radical (unpaired) electrons. The fourth-order valence-electron chi connectivity index (χ4n) is 3.95. The molecule has 1 heterocycles. The van der Waals surface area contributed by atoms with Gasteiger partial charge in [0.25, 0.3) is 10.0 Å². The summed E-state index contributed by atoms with van der Waals surface area (Å²) in [7, 11) is -0.952. The lowest BCUT2D eigenvalue weighted by Gasteiger charge is -2.12. The normalized spacial score (nSPS) is 11.5. The number of benzene rings is 4. The molecule has 10 heteroatoms. The van der Waals surface area contributed by atoms with Crippen LogP contribution in [0.5, 0.6) is 11.5 Å². The van der Waals surface area contributed by atoms with E-state index in [4.69, 9.17) is 9.47 Å². The van der Waals surface area contributed by atoms with Crippen molar-refractivity contribution in [1.29, 1.82) is 0 Å². The van der Waals surface area contributed by atoms with E-state index in [0.29, 0.717) is 28.2 Å². The molecule has 4 aromatic carbocycles. The fraction of sp³-hybridized carbons (Fsp3) is 0.111. The molecule has 0 saturated carbocycles. The maximum absolute atomic E-state index is 13.8. The van der Waals surface area contributed by atoms with E-state index in [-0.39, 0.29) is 21.7 Å². The standard InChI is InChI=1S/C27H23N3O5S2/c1-34-21-14-20(15-22(16-21)35-2)28-26(31)17-36-27-29-24-9-5-6-10-25(24)30(27)37(32,33)23-12-11-18-7-3-4-8-19(18)13-23/h3-16H,17H2,1-2H3,(H,28,31). The van der Waals surface area contributed by atoms with Crippen LogP contribution in [0.15, 0.2) is 95.0 Å². The SMILES string of the molecule is COc1cc(NC(=O)CSc2nc3ccccc3n2S(=O)(=O)c2ccc3ccccc3c2)cc(OC)c1. The van der Waals surface area contributed by atoms with Crippen molar-refractivity contribution in [2.45, 2.75) is 10.1 Å². The van der Waals surface area contributed by atoms with E-state index in [9.17, 15) is 13.2 Å². The van der Waals surface area contributed by atoms with Crippen molar-refractivity contribution in [3.05, 3.63) is 84.9 Å². The summed E-state index contributed by atoms with van der Waals surface area (Å²) in [6, 6.07) is 24.6. The van der Waals surface area contributed by atoms with E-state index in [1.807, 2.05) is 24.3 Å². The van der Waals surface area contributed by atoms with Gasteiger partial charge in [-0.2, -0.15) is 0 Å². The average molecular weight is 534 g/mol. The minimum absolute atomic E-state index is 0.0594. The molecule has 37 heavy (non-hydrogen) atoms. The zero-order chi connectivity index (χ0) is 26.0. The quantitative estimate of drug-likeness (QED) is 0.275. The highest BCUT2D eigenvalue weighted by molar-refractivity contribution is 8.00. The van der Waals surface area contributed by atoms with Crippen molar-refractivity contribution in [3.8, 4) is 11.5 Å². The lowest BCUT2D eigenvalue weighted by molar-refractivity contribution is -0.113. The number of carbonyl (C=O) groups excluding carboxylic acids is 1. The summed E-state index contributed by atoms with van der Waals surface area (Å²) in [6.07, 6.45) is 0. The zero-order valence-electron chi connectivity index (χ0n) is 20.0. The van der Waals surface area contributed by atoms with Crippen molar-refractivity contribution in [1.82, 2.24) is 8.96 Å². The average Bonchev–Trinajstić information content (AvgIpc) is 3.30. The van der Waals surface area contributed by atoms with Crippen LogP contribution in [0.25, 0.3) is 21.8 Å². The summed E-state index contributed by atoms with van der Waals surface area (Å²) in [5.41, 5.74) is 1.46. The molecule has 188 valence electrons. The second-order valence-electron chi connectivity index (χ2n) is 8.10. The van der Waals surface area contributed by atoms with Crippen molar-refractivity contribution < 1.29 is 22.7 Å². The number of carbonyl (C=O) groups is 1. The van der Waals surface area contributed by atoms with E-state index in [2.05, 4.69) is 10.3 Å². The van der Waals surface area contributed by atoms with Gasteiger partial charge in [-0.05, 0) is 35.0 Å². The van der Waals surface area contributed by atoms with Gasteiger partial charge in [0.2, 0.25) is 5.91 Å². The number of nitrogens with zero attached hydrogens (tertiary/aromatic N) is 2. The highest BCUT2D eigenvalue weighted by atomic mass is 32.2. The number of aromatic nitrogens is 2. The van der Waals surface area contributed by atoms with E-state index < -0.39 is 10.0 Å². The number of nitrogens with one attached hydrogen (secondary N) is 1. The van der Waals surface area contributed by atoms with Crippen LogP contribution in [0, 0.1) is 0 Å². The summed E-state index contributed by atoms with van der Waals surface area (Å²) < 4.78 is 39.4. The Labute approximate surface area is 218 Å². The summed E-state index contributed by atoms with van der Waals surface area (Å²) in [5, 5.41) is 4.76. The summed E-state index contributed by atoms with van der Waals surface area (Å²) in [6.45, 7) is 0. The second kappa shape index (κ2) is 10.2. The number of fused-ring (bicyclic) bond motifs is 2. The summed E-state index contributed by atoms with van der Waals surface area (Å²) in [4.78, 5) is 17.4. The molecule has 8 nitrogen and oxygen atoms in total. The largest absolute Gasteiger partial charge is 0.497 e. The van der Waals surface area contributed by atoms with E-state index in [0.717, 1.165) is 22.5 Å². The molecule has 0 atom stereocenters. The van der Waals surface area contributed by atoms with Gasteiger partial charge in [-0.15, -0.1) is 0 Å². The minimum Gasteiger partial charge on any atom is -0.497 e. The lowest BCUT2D eigenvalue weighted by atomic mass is 10.1. The first kappa shape index (κ1) is 24.7. The number of imidazole rings is 1. The smallest absolute Gasteiger partial charge is 0.270 e. The number of methoxy groups -OCH3 is 2. The molecular formula is C27H23N3O5S2. The first-order valence-electron chi connectivity index (χ1n) is 11.3. The Bertz CT molecular complexity index is 1710. The maximum Gasteiger partial charge on any atom is 0.270 e. The van der Waals surface area contributed by atoms with Gasteiger partial charge < -0.3 is 14.8 Å². The molecule has 1 amide bonds. The third kappa shape index (κ3) is 4.98. The second-order valence-corrected chi connectivity index (χ2v) is 10.8. The monoisotopic (exact) mass is 533 g/mol. The van der Waals surface area contributed by atoms with Gasteiger partial charge in [0.1, 0.15) is 11.5 Å². The molecule has 1 aromatic heterocycles. The Balaban J connectivity index is 1.46. The van der Waals surface area contributed by atoms with Gasteiger partial charge in [0.15, 0.2) is 5.16 Å². The van der Waals surface area contributed by atoms with E-state index >= 15 is 0 Å². The van der Waals surface area contributed by atoms with Crippen LogP contribution in [-0.4, -0.2) is 43.3 Å². The Hall–Kier alpha value is -4.02. The Morgan fingerprint density at radius 1 is 0.892 bits per heavy atom. The number of rotatable bonds is 8. The van der Waals surface area contributed by atoms with Gasteiger partial charge in [0, 0.05) is 23.9 Å². The Morgan fingerprint density at radius 3 is 2.30 bits per heavy atom. The van der Waals surface area contributed by atoms with Crippen molar-refractivity contribution in [2.75, 3.05) is 25.3 Å². The van der Waals surface area contributed by atoms with Crippen LogP contribution >= 0.6 is 11.8 Å². The third-order valence-corrected chi connectivity index (χ3v) is 8.47. The number of thioether (sulfide) groups is 1. The van der Waals surface area contributed by atoms with Crippen LogP contribution in [-0.2, 0) is 14.8 Å². The number of anilines is 1. The molecule has 0 spiro atoms. The number of para-hydroxylation sites is 2. The third-order valence-electron chi connectivity index (χ3n) is 5.72.